The fourth-order valence-corrected chi connectivity index (χ4v) is 1.66. The van der Waals surface area contributed by atoms with Gasteiger partial charge in [0.1, 0.15) is 24.7 Å². The smallest absolute Gasteiger partial charge is 0.142 e. The average Bonchev–Trinajstić information content (AvgIpc) is 2.40. The highest BCUT2D eigenvalue weighted by Gasteiger charge is 2.00. The summed E-state index contributed by atoms with van der Waals surface area (Å²) in [7, 11) is 0. The van der Waals surface area contributed by atoms with Gasteiger partial charge in [0.2, 0.25) is 0 Å². The Kier molecular flexibility index (Phi) is 4.13. The molecule has 19 heavy (non-hydrogen) atoms. The molecule has 4 N–H and O–H groups in total. The van der Waals surface area contributed by atoms with Gasteiger partial charge in [0, 0.05) is 5.69 Å². The molecule has 2 aromatic carbocycles. The Hall–Kier alpha value is -2.36. The summed E-state index contributed by atoms with van der Waals surface area (Å²) >= 11 is 0. The number of hydrogen-bond acceptors (Lipinski definition) is 4. The molecule has 0 unspecified atom stereocenters. The molecule has 0 bridgehead atoms. The molecule has 4 nitrogen and oxygen atoms in total. The highest BCUT2D eigenvalue weighted by molar-refractivity contribution is 5.51. The van der Waals surface area contributed by atoms with Crippen molar-refractivity contribution in [3.8, 4) is 11.5 Å². The van der Waals surface area contributed by atoms with E-state index in [1.807, 2.05) is 43.3 Å². The lowest BCUT2D eigenvalue weighted by Gasteiger charge is -2.10. The van der Waals surface area contributed by atoms with Gasteiger partial charge in [-0.15, -0.1) is 0 Å². The molecule has 2 aromatic rings. The van der Waals surface area contributed by atoms with Crippen molar-refractivity contribution < 1.29 is 9.47 Å². The van der Waals surface area contributed by atoms with Crippen LogP contribution in [0.3, 0.4) is 0 Å². The number of nitrogens with two attached hydrogens (primary N) is 2. The van der Waals surface area contributed by atoms with Gasteiger partial charge in [0.25, 0.3) is 0 Å². The molecule has 0 amide bonds. The summed E-state index contributed by atoms with van der Waals surface area (Å²) in [6.07, 6.45) is 0. The molecule has 0 aliphatic heterocycles. The zero-order valence-electron chi connectivity index (χ0n) is 10.9. The van der Waals surface area contributed by atoms with Crippen molar-refractivity contribution in [3.05, 3.63) is 48.0 Å². The first-order valence-corrected chi connectivity index (χ1v) is 6.13. The van der Waals surface area contributed by atoms with Crippen molar-refractivity contribution in [1.29, 1.82) is 0 Å². The normalized spacial score (nSPS) is 10.2. The van der Waals surface area contributed by atoms with Crippen LogP contribution < -0.4 is 20.9 Å². The highest BCUT2D eigenvalue weighted by Crippen LogP contribution is 2.20. The van der Waals surface area contributed by atoms with E-state index in [2.05, 4.69) is 0 Å². The molecule has 0 heterocycles. The number of nitrogen functional groups attached to an aromatic ring is 2. The number of anilines is 2. The summed E-state index contributed by atoms with van der Waals surface area (Å²) in [5.41, 5.74) is 13.9. The van der Waals surface area contributed by atoms with Crippen LogP contribution in [0.25, 0.3) is 0 Å². The topological polar surface area (TPSA) is 70.5 Å². The number of hydrogen-bond donors (Lipinski definition) is 2. The molecule has 0 aromatic heterocycles. The largest absolute Gasteiger partial charge is 0.490 e. The van der Waals surface area contributed by atoms with Crippen molar-refractivity contribution in [2.24, 2.45) is 0 Å². The highest BCUT2D eigenvalue weighted by atomic mass is 16.5. The van der Waals surface area contributed by atoms with Crippen LogP contribution in [0.4, 0.5) is 11.4 Å². The van der Waals surface area contributed by atoms with Crippen molar-refractivity contribution in [2.75, 3.05) is 24.7 Å². The molecule has 0 fully saturated rings. The van der Waals surface area contributed by atoms with Crippen LogP contribution in [0.15, 0.2) is 42.5 Å². The van der Waals surface area contributed by atoms with E-state index < -0.39 is 0 Å². The minimum atomic E-state index is 0.442. The predicted molar refractivity (Wildman–Crippen MR) is 77.4 cm³/mol. The molecule has 0 spiro atoms. The third-order valence-electron chi connectivity index (χ3n) is 2.77. The van der Waals surface area contributed by atoms with E-state index in [0.717, 1.165) is 17.0 Å². The third-order valence-corrected chi connectivity index (χ3v) is 2.77. The summed E-state index contributed by atoms with van der Waals surface area (Å²) in [5, 5.41) is 0. The summed E-state index contributed by atoms with van der Waals surface area (Å²) in [4.78, 5) is 0. The van der Waals surface area contributed by atoms with E-state index in [9.17, 15) is 0 Å². The molecule has 0 aliphatic rings. The number of rotatable bonds is 5. The van der Waals surface area contributed by atoms with Gasteiger partial charge in [0.05, 0.1) is 5.69 Å². The molecule has 0 saturated heterocycles. The van der Waals surface area contributed by atoms with Crippen LogP contribution in [0.2, 0.25) is 0 Å². The first-order chi connectivity index (χ1) is 9.16. The van der Waals surface area contributed by atoms with Crippen molar-refractivity contribution >= 4 is 11.4 Å². The van der Waals surface area contributed by atoms with Gasteiger partial charge < -0.3 is 20.9 Å². The van der Waals surface area contributed by atoms with Gasteiger partial charge in [-0.25, -0.2) is 0 Å². The monoisotopic (exact) mass is 258 g/mol. The van der Waals surface area contributed by atoms with Gasteiger partial charge in [-0.2, -0.15) is 0 Å². The van der Waals surface area contributed by atoms with Crippen LogP contribution in [0.1, 0.15) is 5.56 Å². The van der Waals surface area contributed by atoms with Crippen LogP contribution in [-0.2, 0) is 0 Å². The number of benzene rings is 2. The van der Waals surface area contributed by atoms with E-state index in [1.54, 1.807) is 6.07 Å². The predicted octanol–water partition coefficient (Wildman–Crippen LogP) is 2.62. The fourth-order valence-electron chi connectivity index (χ4n) is 1.66. The first-order valence-electron chi connectivity index (χ1n) is 6.13. The molecule has 0 saturated carbocycles. The maximum absolute atomic E-state index is 5.77. The van der Waals surface area contributed by atoms with Crippen LogP contribution >= 0.6 is 0 Å². The van der Waals surface area contributed by atoms with Gasteiger partial charge in [-0.1, -0.05) is 12.1 Å². The summed E-state index contributed by atoms with van der Waals surface area (Å²) in [6, 6.07) is 13.0. The van der Waals surface area contributed by atoms with E-state index in [1.165, 1.54) is 0 Å². The Labute approximate surface area is 112 Å². The lowest BCUT2D eigenvalue weighted by Crippen LogP contribution is -2.10. The second kappa shape index (κ2) is 6.00. The minimum Gasteiger partial charge on any atom is -0.490 e. The maximum Gasteiger partial charge on any atom is 0.142 e. The molecule has 0 atom stereocenters. The molecule has 100 valence electrons. The van der Waals surface area contributed by atoms with Crippen molar-refractivity contribution in [2.45, 2.75) is 6.92 Å². The fraction of sp³-hybridized carbons (Fsp3) is 0.200. The Balaban J connectivity index is 1.81. The molecule has 2 rings (SSSR count). The summed E-state index contributed by atoms with van der Waals surface area (Å²) in [6.45, 7) is 2.85. The average molecular weight is 258 g/mol. The lowest BCUT2D eigenvalue weighted by molar-refractivity contribution is 0.218. The number of ether oxygens (including phenoxy) is 2. The first kappa shape index (κ1) is 13.1. The Morgan fingerprint density at radius 2 is 1.63 bits per heavy atom. The van der Waals surface area contributed by atoms with Crippen molar-refractivity contribution in [3.63, 3.8) is 0 Å². The molecule has 0 aliphatic carbocycles. The SMILES string of the molecule is Cc1cc(OCCOc2ccccc2N)ccc1N. The summed E-state index contributed by atoms with van der Waals surface area (Å²) in [5.74, 6) is 1.47. The van der Waals surface area contributed by atoms with Gasteiger partial charge >= 0.3 is 0 Å². The van der Waals surface area contributed by atoms with Gasteiger partial charge in [-0.3, -0.25) is 0 Å². The standard InChI is InChI=1S/C15H18N2O2/c1-11-10-12(6-7-13(11)16)18-8-9-19-15-5-3-2-4-14(15)17/h2-7,10H,8-9,16-17H2,1H3. The summed E-state index contributed by atoms with van der Waals surface area (Å²) < 4.78 is 11.1. The zero-order valence-corrected chi connectivity index (χ0v) is 10.9. The van der Waals surface area contributed by atoms with E-state index in [-0.39, 0.29) is 0 Å². The molecular weight excluding hydrogens is 240 g/mol. The third kappa shape index (κ3) is 3.55. The maximum atomic E-state index is 5.77. The Morgan fingerprint density at radius 1 is 0.895 bits per heavy atom. The van der Waals surface area contributed by atoms with Gasteiger partial charge in [0.15, 0.2) is 0 Å². The Bertz CT molecular complexity index is 556. The molecule has 0 radical (unpaired) electrons. The second-order valence-electron chi connectivity index (χ2n) is 4.25. The quantitative estimate of drug-likeness (QED) is 0.639. The van der Waals surface area contributed by atoms with E-state index in [0.29, 0.717) is 24.7 Å². The van der Waals surface area contributed by atoms with E-state index in [4.69, 9.17) is 20.9 Å². The second-order valence-corrected chi connectivity index (χ2v) is 4.25. The Morgan fingerprint density at radius 3 is 2.37 bits per heavy atom. The minimum absolute atomic E-state index is 0.442. The number of para-hydroxylation sites is 2. The lowest BCUT2D eigenvalue weighted by atomic mass is 10.2. The zero-order chi connectivity index (χ0) is 13.7. The van der Waals surface area contributed by atoms with E-state index >= 15 is 0 Å². The van der Waals surface area contributed by atoms with Crippen molar-refractivity contribution in [1.82, 2.24) is 0 Å². The van der Waals surface area contributed by atoms with Crippen LogP contribution in [-0.4, -0.2) is 13.2 Å². The van der Waals surface area contributed by atoms with Crippen LogP contribution in [0, 0.1) is 6.92 Å². The molecule has 4 heteroatoms. The van der Waals surface area contributed by atoms with Gasteiger partial charge in [-0.05, 0) is 42.8 Å². The number of aryl methyl sites for hydroxylation is 1. The van der Waals surface area contributed by atoms with Crippen LogP contribution in [0.5, 0.6) is 11.5 Å². The molecular formula is C15H18N2O2.